The van der Waals surface area contributed by atoms with E-state index in [0.717, 1.165) is 0 Å². The number of rotatable bonds is 4. The molecule has 3 N–H and O–H groups in total. The van der Waals surface area contributed by atoms with Crippen LogP contribution in [0.25, 0.3) is 0 Å². The molecule has 0 spiro atoms. The number of carbonyl (C=O) groups excluding carboxylic acids is 3. The summed E-state index contributed by atoms with van der Waals surface area (Å²) in [7, 11) is 1.50. The summed E-state index contributed by atoms with van der Waals surface area (Å²) in [6.45, 7) is 1.67. The van der Waals surface area contributed by atoms with Crippen LogP contribution in [0.15, 0.2) is 0 Å². The topological polar surface area (TPSA) is 87.3 Å². The third-order valence-electron chi connectivity index (χ3n) is 1.52. The fourth-order valence-electron chi connectivity index (χ4n) is 0.642. The van der Waals surface area contributed by atoms with Gasteiger partial charge in [-0.1, -0.05) is 6.92 Å². The van der Waals surface area contributed by atoms with Crippen LogP contribution in [-0.2, 0) is 14.4 Å². The molecular formula is C8H15N3O3. The van der Waals surface area contributed by atoms with E-state index in [9.17, 15) is 14.4 Å². The summed E-state index contributed by atoms with van der Waals surface area (Å²) in [5.41, 5.74) is 4.40. The molecule has 0 rings (SSSR count). The molecule has 0 atom stereocenters. The number of nitrogens with one attached hydrogen (secondary N) is 3. The minimum Gasteiger partial charge on any atom is -0.359 e. The van der Waals surface area contributed by atoms with E-state index in [-0.39, 0.29) is 30.6 Å². The Morgan fingerprint density at radius 1 is 0.929 bits per heavy atom. The van der Waals surface area contributed by atoms with Crippen molar-refractivity contribution in [2.75, 3.05) is 7.05 Å². The third-order valence-corrected chi connectivity index (χ3v) is 1.52. The zero-order valence-electron chi connectivity index (χ0n) is 8.35. The van der Waals surface area contributed by atoms with E-state index in [4.69, 9.17) is 0 Å². The maximum absolute atomic E-state index is 11.0. The Morgan fingerprint density at radius 3 is 1.93 bits per heavy atom. The number of amides is 3. The number of hydrazine groups is 1. The van der Waals surface area contributed by atoms with Crippen LogP contribution < -0.4 is 16.2 Å². The molecular weight excluding hydrogens is 186 g/mol. The first-order valence-corrected chi connectivity index (χ1v) is 4.38. The van der Waals surface area contributed by atoms with Crippen LogP contribution in [-0.4, -0.2) is 24.8 Å². The molecule has 0 fully saturated rings. The molecule has 0 aliphatic heterocycles. The van der Waals surface area contributed by atoms with E-state index in [2.05, 4.69) is 16.2 Å². The second kappa shape index (κ2) is 6.88. The van der Waals surface area contributed by atoms with E-state index >= 15 is 0 Å². The van der Waals surface area contributed by atoms with Gasteiger partial charge < -0.3 is 5.32 Å². The Balaban J connectivity index is 3.56. The summed E-state index contributed by atoms with van der Waals surface area (Å²) in [5.74, 6) is -0.851. The van der Waals surface area contributed by atoms with Crippen LogP contribution in [0, 0.1) is 0 Å². The van der Waals surface area contributed by atoms with Crippen molar-refractivity contribution in [3.8, 4) is 0 Å². The Bertz CT molecular complexity index is 206. The van der Waals surface area contributed by atoms with Crippen LogP contribution in [0.1, 0.15) is 26.2 Å². The molecule has 0 bridgehead atoms. The first-order valence-electron chi connectivity index (χ1n) is 4.38. The first kappa shape index (κ1) is 12.4. The molecule has 0 aromatic carbocycles. The van der Waals surface area contributed by atoms with Gasteiger partial charge in [0.15, 0.2) is 0 Å². The van der Waals surface area contributed by atoms with Gasteiger partial charge in [-0.25, -0.2) is 0 Å². The number of carbonyl (C=O) groups is 3. The van der Waals surface area contributed by atoms with Crippen LogP contribution in [0.2, 0.25) is 0 Å². The lowest BCUT2D eigenvalue weighted by Gasteiger charge is -2.05. The molecule has 6 heteroatoms. The maximum Gasteiger partial charge on any atom is 0.238 e. The van der Waals surface area contributed by atoms with Crippen molar-refractivity contribution in [2.45, 2.75) is 26.2 Å². The second-order valence-electron chi connectivity index (χ2n) is 2.62. The Morgan fingerprint density at radius 2 is 1.43 bits per heavy atom. The smallest absolute Gasteiger partial charge is 0.238 e. The largest absolute Gasteiger partial charge is 0.359 e. The number of hydrogen-bond acceptors (Lipinski definition) is 3. The summed E-state index contributed by atoms with van der Waals surface area (Å²) in [6, 6.07) is 0. The molecule has 0 aliphatic rings. The highest BCUT2D eigenvalue weighted by molar-refractivity contribution is 5.85. The highest BCUT2D eigenvalue weighted by Crippen LogP contribution is 1.87. The van der Waals surface area contributed by atoms with Crippen molar-refractivity contribution in [2.24, 2.45) is 0 Å². The predicted molar refractivity (Wildman–Crippen MR) is 49.9 cm³/mol. The lowest BCUT2D eigenvalue weighted by Crippen LogP contribution is -2.41. The van der Waals surface area contributed by atoms with Crippen LogP contribution in [0.5, 0.6) is 0 Å². The zero-order valence-corrected chi connectivity index (χ0v) is 8.35. The third kappa shape index (κ3) is 5.99. The van der Waals surface area contributed by atoms with Gasteiger partial charge in [-0.3, -0.25) is 25.2 Å². The minimum atomic E-state index is -0.379. The highest BCUT2D eigenvalue weighted by Gasteiger charge is 2.05. The van der Waals surface area contributed by atoms with Gasteiger partial charge >= 0.3 is 0 Å². The molecule has 3 amide bonds. The second-order valence-corrected chi connectivity index (χ2v) is 2.62. The molecule has 0 unspecified atom stereocenters. The average molecular weight is 201 g/mol. The van der Waals surface area contributed by atoms with Gasteiger partial charge in [-0.2, -0.15) is 0 Å². The van der Waals surface area contributed by atoms with E-state index < -0.39 is 0 Å². The van der Waals surface area contributed by atoms with Gasteiger partial charge in [0.2, 0.25) is 17.7 Å². The fraction of sp³-hybridized carbons (Fsp3) is 0.625. The Hall–Kier alpha value is -1.59. The summed E-state index contributed by atoms with van der Waals surface area (Å²) in [5, 5.41) is 2.39. The summed E-state index contributed by atoms with van der Waals surface area (Å²) in [6.07, 6.45) is 0.476. The molecule has 0 aromatic heterocycles. The highest BCUT2D eigenvalue weighted by atomic mass is 16.2. The van der Waals surface area contributed by atoms with Gasteiger partial charge in [0.05, 0.1) is 0 Å². The van der Waals surface area contributed by atoms with Gasteiger partial charge in [0.1, 0.15) is 0 Å². The summed E-state index contributed by atoms with van der Waals surface area (Å²) >= 11 is 0. The minimum absolute atomic E-state index is 0.0592. The van der Waals surface area contributed by atoms with Crippen LogP contribution in [0.3, 0.4) is 0 Å². The fourth-order valence-corrected chi connectivity index (χ4v) is 0.642. The summed E-state index contributed by atoms with van der Waals surface area (Å²) < 4.78 is 0. The van der Waals surface area contributed by atoms with Crippen molar-refractivity contribution in [3.63, 3.8) is 0 Å². The van der Waals surface area contributed by atoms with E-state index in [1.54, 1.807) is 6.92 Å². The van der Waals surface area contributed by atoms with Crippen molar-refractivity contribution < 1.29 is 14.4 Å². The molecule has 6 nitrogen and oxygen atoms in total. The lowest BCUT2D eigenvalue weighted by molar-refractivity contribution is -0.130. The normalized spacial score (nSPS) is 9.00. The van der Waals surface area contributed by atoms with Crippen molar-refractivity contribution in [1.82, 2.24) is 16.2 Å². The van der Waals surface area contributed by atoms with E-state index in [1.807, 2.05) is 0 Å². The predicted octanol–water partition coefficient (Wildman–Crippen LogP) is -0.930. The van der Waals surface area contributed by atoms with Gasteiger partial charge in [-0.05, 0) is 0 Å². The molecule has 0 saturated heterocycles. The van der Waals surface area contributed by atoms with Crippen LogP contribution in [0.4, 0.5) is 0 Å². The molecule has 0 aromatic rings. The molecule has 0 radical (unpaired) electrons. The standard InChI is InChI=1S/C8H15N3O3/c1-3-6(12)10-11-8(14)5-4-7(13)9-2/h3-5H2,1-2H3,(H,9,13)(H,10,12)(H,11,14). The first-order chi connectivity index (χ1) is 6.60. The molecule has 0 saturated carbocycles. The maximum atomic E-state index is 11.0. The molecule has 0 aliphatic carbocycles. The van der Waals surface area contributed by atoms with E-state index in [0.29, 0.717) is 6.42 Å². The quantitative estimate of drug-likeness (QED) is 0.513. The van der Waals surface area contributed by atoms with Crippen molar-refractivity contribution in [1.29, 1.82) is 0 Å². The SMILES string of the molecule is CCC(=O)NNC(=O)CCC(=O)NC. The molecule has 80 valence electrons. The monoisotopic (exact) mass is 201 g/mol. The Kier molecular flexibility index (Phi) is 6.09. The molecule has 14 heavy (non-hydrogen) atoms. The Labute approximate surface area is 82.4 Å². The van der Waals surface area contributed by atoms with Crippen molar-refractivity contribution in [3.05, 3.63) is 0 Å². The van der Waals surface area contributed by atoms with Gasteiger partial charge in [0.25, 0.3) is 0 Å². The zero-order chi connectivity index (χ0) is 11.0. The number of hydrogen-bond donors (Lipinski definition) is 3. The summed E-state index contributed by atoms with van der Waals surface area (Å²) in [4.78, 5) is 32.4. The van der Waals surface area contributed by atoms with Crippen molar-refractivity contribution >= 4 is 17.7 Å². The lowest BCUT2D eigenvalue weighted by atomic mass is 10.3. The van der Waals surface area contributed by atoms with Gasteiger partial charge in [-0.15, -0.1) is 0 Å². The van der Waals surface area contributed by atoms with Crippen LogP contribution >= 0.6 is 0 Å². The average Bonchev–Trinajstić information content (AvgIpc) is 2.22. The van der Waals surface area contributed by atoms with E-state index in [1.165, 1.54) is 7.05 Å². The van der Waals surface area contributed by atoms with Gasteiger partial charge in [0, 0.05) is 26.3 Å². The molecule has 0 heterocycles.